The van der Waals surface area contributed by atoms with Crippen molar-refractivity contribution in [1.29, 1.82) is 0 Å². The number of nitrogens with zero attached hydrogens (tertiary/aromatic N) is 2. The van der Waals surface area contributed by atoms with Gasteiger partial charge in [-0.05, 0) is 30.5 Å². The van der Waals surface area contributed by atoms with E-state index in [1.807, 2.05) is 25.3 Å². The van der Waals surface area contributed by atoms with E-state index in [0.717, 1.165) is 38.3 Å². The average Bonchev–Trinajstić information content (AvgIpc) is 2.85. The summed E-state index contributed by atoms with van der Waals surface area (Å²) in [5.41, 5.74) is 1.34. The Bertz CT molecular complexity index is 517. The van der Waals surface area contributed by atoms with Gasteiger partial charge in [-0.3, -0.25) is 9.80 Å². The molecule has 126 valence electrons. The summed E-state index contributed by atoms with van der Waals surface area (Å²) in [7, 11) is 3.56. The summed E-state index contributed by atoms with van der Waals surface area (Å²) in [6.07, 6.45) is 4.71. The van der Waals surface area contributed by atoms with E-state index < -0.39 is 0 Å². The molecule has 1 aromatic rings. The average molecular weight is 316 g/mol. The van der Waals surface area contributed by atoms with Crippen LogP contribution >= 0.6 is 0 Å². The molecule has 3 aliphatic rings. The van der Waals surface area contributed by atoms with Gasteiger partial charge in [0.15, 0.2) is 0 Å². The highest BCUT2D eigenvalue weighted by Gasteiger charge is 2.41. The first-order valence-electron chi connectivity index (χ1n) is 8.50. The molecule has 1 aromatic carbocycles. The molecule has 0 aliphatic carbocycles. The van der Waals surface area contributed by atoms with Crippen LogP contribution in [0.3, 0.4) is 0 Å². The van der Waals surface area contributed by atoms with Gasteiger partial charge < -0.3 is 9.47 Å². The van der Waals surface area contributed by atoms with Crippen LogP contribution in [-0.4, -0.2) is 61.8 Å². The van der Waals surface area contributed by atoms with Crippen molar-refractivity contribution < 1.29 is 9.47 Å². The van der Waals surface area contributed by atoms with Crippen LogP contribution in [0.25, 0.3) is 0 Å². The highest BCUT2D eigenvalue weighted by Crippen LogP contribution is 2.30. The lowest BCUT2D eigenvalue weighted by molar-refractivity contribution is -0.0222. The molecule has 23 heavy (non-hydrogen) atoms. The molecule has 3 atom stereocenters. The van der Waals surface area contributed by atoms with Crippen molar-refractivity contribution in [3.8, 4) is 5.75 Å². The molecule has 4 rings (SSSR count). The highest BCUT2D eigenvalue weighted by atomic mass is 16.5. The normalized spacial score (nSPS) is 28.5. The molecule has 0 radical (unpaired) electrons. The van der Waals surface area contributed by atoms with Gasteiger partial charge in [0.25, 0.3) is 0 Å². The molecule has 3 aliphatic heterocycles. The van der Waals surface area contributed by atoms with E-state index in [1.54, 1.807) is 7.11 Å². The minimum atomic E-state index is 0.327. The fraction of sp³-hybridized carbons (Fsp3) is 0.579. The minimum Gasteiger partial charge on any atom is -0.497 e. The lowest BCUT2D eigenvalue weighted by Crippen LogP contribution is -2.58. The molecule has 0 aromatic heterocycles. The van der Waals surface area contributed by atoms with Crippen LogP contribution in [0.2, 0.25) is 0 Å². The predicted molar refractivity (Wildman–Crippen MR) is 92.8 cm³/mol. The van der Waals surface area contributed by atoms with Crippen molar-refractivity contribution in [3.63, 3.8) is 0 Å². The molecule has 0 saturated carbocycles. The molecule has 4 nitrogen and oxygen atoms in total. The lowest BCUT2D eigenvalue weighted by Gasteiger charge is -2.45. The topological polar surface area (TPSA) is 24.9 Å². The van der Waals surface area contributed by atoms with Gasteiger partial charge in [-0.15, -0.1) is 6.58 Å². The summed E-state index contributed by atoms with van der Waals surface area (Å²) >= 11 is 0. The number of fused-ring (bicyclic) bond motifs is 4. The summed E-state index contributed by atoms with van der Waals surface area (Å²) in [6, 6.07) is 9.50. The lowest BCUT2D eigenvalue weighted by atomic mass is 10.0. The maximum absolute atomic E-state index is 5.82. The quantitative estimate of drug-likeness (QED) is 0.753. The first kappa shape index (κ1) is 16.5. The Balaban J connectivity index is 1.74. The fourth-order valence-electron chi connectivity index (χ4n) is 4.01. The molecule has 3 heterocycles. The van der Waals surface area contributed by atoms with Crippen molar-refractivity contribution in [1.82, 2.24) is 9.80 Å². The monoisotopic (exact) mass is 316 g/mol. The Morgan fingerprint density at radius 2 is 1.91 bits per heavy atom. The molecule has 3 fully saturated rings. The Labute approximate surface area is 139 Å². The van der Waals surface area contributed by atoms with Gasteiger partial charge in [-0.2, -0.15) is 0 Å². The molecule has 0 amide bonds. The summed E-state index contributed by atoms with van der Waals surface area (Å²) in [4.78, 5) is 5.18. The Kier molecular flexibility index (Phi) is 5.36. The van der Waals surface area contributed by atoms with E-state index in [4.69, 9.17) is 9.47 Å². The summed E-state index contributed by atoms with van der Waals surface area (Å²) in [5, 5.41) is 0. The number of hydrogen-bond acceptors (Lipinski definition) is 4. The zero-order valence-electron chi connectivity index (χ0n) is 14.3. The van der Waals surface area contributed by atoms with Crippen LogP contribution in [0.4, 0.5) is 0 Å². The van der Waals surface area contributed by atoms with E-state index in [2.05, 4.69) is 28.5 Å². The van der Waals surface area contributed by atoms with Crippen LogP contribution in [-0.2, 0) is 11.3 Å². The van der Waals surface area contributed by atoms with Gasteiger partial charge in [0.05, 0.1) is 13.2 Å². The third-order valence-electron chi connectivity index (χ3n) is 5.28. The van der Waals surface area contributed by atoms with Crippen molar-refractivity contribution in [3.05, 3.63) is 42.5 Å². The van der Waals surface area contributed by atoms with E-state index in [-0.39, 0.29) is 0 Å². The number of hydrogen-bond donors (Lipinski definition) is 0. The van der Waals surface area contributed by atoms with Gasteiger partial charge in [-0.1, -0.05) is 18.2 Å². The maximum atomic E-state index is 5.82. The van der Waals surface area contributed by atoms with Crippen LogP contribution in [0.5, 0.6) is 5.75 Å². The highest BCUT2D eigenvalue weighted by molar-refractivity contribution is 5.27. The number of ether oxygens (including phenoxy) is 2. The molecule has 4 heteroatoms. The van der Waals surface area contributed by atoms with Crippen molar-refractivity contribution in [2.75, 3.05) is 33.9 Å². The molecule has 0 spiro atoms. The van der Waals surface area contributed by atoms with Crippen molar-refractivity contribution in [2.45, 2.75) is 37.6 Å². The van der Waals surface area contributed by atoms with E-state index >= 15 is 0 Å². The summed E-state index contributed by atoms with van der Waals surface area (Å²) in [6.45, 7) is 8.06. The molecule has 0 unspecified atom stereocenters. The first-order valence-corrected chi connectivity index (χ1v) is 8.50. The minimum absolute atomic E-state index is 0.327. The number of rotatable bonds is 6. The fourth-order valence-corrected chi connectivity index (χ4v) is 4.01. The van der Waals surface area contributed by atoms with Crippen molar-refractivity contribution in [2.24, 2.45) is 0 Å². The van der Waals surface area contributed by atoms with E-state index in [9.17, 15) is 0 Å². The van der Waals surface area contributed by atoms with Crippen molar-refractivity contribution >= 4 is 0 Å². The zero-order valence-corrected chi connectivity index (χ0v) is 14.3. The van der Waals surface area contributed by atoms with E-state index in [1.165, 1.54) is 12.0 Å². The van der Waals surface area contributed by atoms with Gasteiger partial charge in [0, 0.05) is 45.4 Å². The SMILES string of the molecule is C=CCN1C[C@H]2[C@H](OC)CC[C@@H]1CN2Cc1ccc(OC)cc1. The van der Waals surface area contributed by atoms with Crippen LogP contribution < -0.4 is 4.74 Å². The van der Waals surface area contributed by atoms with Gasteiger partial charge in [0.2, 0.25) is 0 Å². The van der Waals surface area contributed by atoms with Crippen LogP contribution in [0.15, 0.2) is 36.9 Å². The maximum Gasteiger partial charge on any atom is 0.118 e. The summed E-state index contributed by atoms with van der Waals surface area (Å²) in [5.74, 6) is 0.915. The Hall–Kier alpha value is -1.36. The van der Waals surface area contributed by atoms with E-state index in [0.29, 0.717) is 18.2 Å². The largest absolute Gasteiger partial charge is 0.497 e. The summed E-state index contributed by atoms with van der Waals surface area (Å²) < 4.78 is 11.1. The van der Waals surface area contributed by atoms with Gasteiger partial charge in [0.1, 0.15) is 5.75 Å². The second-order valence-electron chi connectivity index (χ2n) is 6.59. The zero-order chi connectivity index (χ0) is 16.2. The first-order chi connectivity index (χ1) is 11.2. The predicted octanol–water partition coefficient (Wildman–Crippen LogP) is 2.54. The standard InChI is InChI=1S/C19H28N2O2/c1-4-11-20-14-18-19(23-3)10-7-16(20)13-21(18)12-15-5-8-17(22-2)9-6-15/h4-6,8-9,16,18-19H,1,7,10-14H2,2-3H3/t16-,18+,19-/m1/s1. The smallest absolute Gasteiger partial charge is 0.118 e. The van der Waals surface area contributed by atoms with Crippen LogP contribution in [0.1, 0.15) is 18.4 Å². The third-order valence-corrected chi connectivity index (χ3v) is 5.28. The number of piperazine rings is 1. The molecule has 0 N–H and O–H groups in total. The number of benzene rings is 1. The number of methoxy groups -OCH3 is 2. The Morgan fingerprint density at radius 1 is 1.13 bits per heavy atom. The molecular formula is C19H28N2O2. The second-order valence-corrected chi connectivity index (χ2v) is 6.59. The Morgan fingerprint density at radius 3 is 2.57 bits per heavy atom. The molecule has 2 bridgehead atoms. The molecular weight excluding hydrogens is 288 g/mol. The van der Waals surface area contributed by atoms with Gasteiger partial charge in [-0.25, -0.2) is 0 Å². The third kappa shape index (κ3) is 3.60. The molecule has 3 saturated heterocycles. The second kappa shape index (κ2) is 7.47. The van der Waals surface area contributed by atoms with Crippen LogP contribution in [0, 0.1) is 0 Å². The van der Waals surface area contributed by atoms with Gasteiger partial charge >= 0.3 is 0 Å².